The van der Waals surface area contributed by atoms with Gasteiger partial charge in [0.2, 0.25) is 11.8 Å². The first-order valence-electron chi connectivity index (χ1n) is 12.5. The lowest BCUT2D eigenvalue weighted by molar-refractivity contribution is -0.119. The molecule has 9 heteroatoms. The number of aromatic amines is 1. The number of amides is 3. The van der Waals surface area contributed by atoms with Crippen molar-refractivity contribution in [3.63, 3.8) is 0 Å². The van der Waals surface area contributed by atoms with Gasteiger partial charge in [-0.2, -0.15) is 0 Å². The molecule has 5 aromatic rings. The number of benzene rings is 4. The zero-order valence-electron chi connectivity index (χ0n) is 21.3. The Morgan fingerprint density at radius 2 is 1.27 bits per heavy atom. The molecule has 0 aliphatic heterocycles. The van der Waals surface area contributed by atoms with Gasteiger partial charge in [0.1, 0.15) is 36.1 Å². The maximum atomic E-state index is 14.2. The van der Waals surface area contributed by atoms with Crippen LogP contribution in [0.2, 0.25) is 0 Å². The molecule has 0 unspecified atom stereocenters. The average molecular weight is 537 g/mol. The van der Waals surface area contributed by atoms with Crippen LogP contribution in [0, 0.1) is 5.82 Å². The van der Waals surface area contributed by atoms with Crippen LogP contribution in [-0.4, -0.2) is 40.7 Å². The van der Waals surface area contributed by atoms with Crippen LogP contribution < -0.4 is 15.4 Å². The van der Waals surface area contributed by atoms with E-state index in [1.807, 2.05) is 36.4 Å². The zero-order chi connectivity index (χ0) is 27.9. The minimum atomic E-state index is -0.624. The summed E-state index contributed by atoms with van der Waals surface area (Å²) in [7, 11) is 0. The number of ether oxygens (including phenoxy) is 1. The fourth-order valence-corrected chi connectivity index (χ4v) is 4.10. The monoisotopic (exact) mass is 536 g/mol. The van der Waals surface area contributed by atoms with Gasteiger partial charge in [-0.3, -0.25) is 14.4 Å². The van der Waals surface area contributed by atoms with Gasteiger partial charge in [-0.25, -0.2) is 4.39 Å². The van der Waals surface area contributed by atoms with E-state index >= 15 is 0 Å². The highest BCUT2D eigenvalue weighted by molar-refractivity contribution is 6.04. The van der Waals surface area contributed by atoms with E-state index in [2.05, 4.69) is 15.6 Å². The van der Waals surface area contributed by atoms with Crippen molar-refractivity contribution < 1.29 is 23.5 Å². The van der Waals surface area contributed by atoms with Crippen LogP contribution in [0.5, 0.6) is 11.5 Å². The summed E-state index contributed by atoms with van der Waals surface area (Å²) in [5, 5.41) is 5.95. The Labute approximate surface area is 229 Å². The van der Waals surface area contributed by atoms with Crippen molar-refractivity contribution in [2.75, 3.05) is 23.7 Å². The fraction of sp³-hybridized carbons (Fsp3) is 0.0645. The molecule has 0 atom stereocenters. The summed E-state index contributed by atoms with van der Waals surface area (Å²) >= 11 is 0. The number of nitrogens with zero attached hydrogens (tertiary/aromatic N) is 1. The maximum Gasteiger partial charge on any atom is 0.271 e. The standard InChI is InChI=1S/C31H25FN4O4/c32-26-13-7-8-21-18-27(35-30(21)26)31(39)36(19-28(37)33-22-9-3-1-4-10-22)20-29(38)34-23-14-16-25(17-15-23)40-24-11-5-2-6-12-24/h1-18,35H,19-20H2,(H,33,37)(H,34,38). The van der Waals surface area contributed by atoms with Crippen molar-refractivity contribution in [2.24, 2.45) is 0 Å². The number of H-pyrrole nitrogens is 1. The summed E-state index contributed by atoms with van der Waals surface area (Å²) in [6.07, 6.45) is 0. The number of carbonyl (C=O) groups excluding carboxylic acids is 3. The van der Waals surface area contributed by atoms with E-state index in [-0.39, 0.29) is 11.2 Å². The van der Waals surface area contributed by atoms with Crippen molar-refractivity contribution in [1.29, 1.82) is 0 Å². The minimum Gasteiger partial charge on any atom is -0.457 e. The topological polar surface area (TPSA) is 104 Å². The summed E-state index contributed by atoms with van der Waals surface area (Å²) < 4.78 is 20.0. The number of halogens is 1. The van der Waals surface area contributed by atoms with Crippen molar-refractivity contribution in [2.45, 2.75) is 0 Å². The molecule has 40 heavy (non-hydrogen) atoms. The predicted octanol–water partition coefficient (Wildman–Crippen LogP) is 5.82. The van der Waals surface area contributed by atoms with Gasteiger partial charge < -0.3 is 25.3 Å². The molecule has 1 heterocycles. The average Bonchev–Trinajstić information content (AvgIpc) is 3.40. The lowest BCUT2D eigenvalue weighted by Gasteiger charge is -2.21. The van der Waals surface area contributed by atoms with Gasteiger partial charge in [0.15, 0.2) is 0 Å². The molecular weight excluding hydrogens is 511 g/mol. The minimum absolute atomic E-state index is 0.0582. The molecule has 3 amide bonds. The predicted molar refractivity (Wildman–Crippen MR) is 151 cm³/mol. The second kappa shape index (κ2) is 12.0. The Morgan fingerprint density at radius 1 is 0.700 bits per heavy atom. The summed E-state index contributed by atoms with van der Waals surface area (Å²) in [5.74, 6) is -0.872. The molecule has 0 saturated carbocycles. The molecule has 3 N–H and O–H groups in total. The first-order chi connectivity index (χ1) is 19.4. The van der Waals surface area contributed by atoms with Crippen LogP contribution in [0.3, 0.4) is 0 Å². The molecule has 0 spiro atoms. The number of fused-ring (bicyclic) bond motifs is 1. The second-order valence-electron chi connectivity index (χ2n) is 8.95. The number of aromatic nitrogens is 1. The summed E-state index contributed by atoms with van der Waals surface area (Å²) in [6, 6.07) is 30.8. The lowest BCUT2D eigenvalue weighted by atomic mass is 10.2. The number of hydrogen-bond donors (Lipinski definition) is 3. The quantitative estimate of drug-likeness (QED) is 0.221. The summed E-state index contributed by atoms with van der Waals surface area (Å²) in [5.41, 5.74) is 1.26. The highest BCUT2D eigenvalue weighted by Gasteiger charge is 2.24. The van der Waals surface area contributed by atoms with Crippen molar-refractivity contribution in [1.82, 2.24) is 9.88 Å². The molecule has 200 valence electrons. The van der Waals surface area contributed by atoms with Crippen molar-refractivity contribution >= 4 is 40.0 Å². The second-order valence-corrected chi connectivity index (χ2v) is 8.95. The van der Waals surface area contributed by atoms with E-state index in [9.17, 15) is 18.8 Å². The molecule has 0 aliphatic rings. The molecule has 0 saturated heterocycles. The third kappa shape index (κ3) is 6.51. The molecule has 5 rings (SSSR count). The van der Waals surface area contributed by atoms with Crippen LogP contribution in [0.25, 0.3) is 10.9 Å². The van der Waals surface area contributed by atoms with E-state index in [4.69, 9.17) is 4.74 Å². The smallest absolute Gasteiger partial charge is 0.271 e. The highest BCUT2D eigenvalue weighted by atomic mass is 19.1. The van der Waals surface area contributed by atoms with E-state index in [1.54, 1.807) is 54.6 Å². The van der Waals surface area contributed by atoms with E-state index in [0.29, 0.717) is 28.3 Å². The fourth-order valence-electron chi connectivity index (χ4n) is 4.10. The van der Waals surface area contributed by atoms with E-state index in [0.717, 1.165) is 4.90 Å². The first kappa shape index (κ1) is 26.2. The largest absolute Gasteiger partial charge is 0.457 e. The van der Waals surface area contributed by atoms with Crippen molar-refractivity contribution in [3.05, 3.63) is 121 Å². The Balaban J connectivity index is 1.29. The van der Waals surface area contributed by atoms with Crippen LogP contribution >= 0.6 is 0 Å². The van der Waals surface area contributed by atoms with E-state index < -0.39 is 36.6 Å². The normalized spacial score (nSPS) is 10.6. The van der Waals surface area contributed by atoms with E-state index in [1.165, 1.54) is 18.2 Å². The number of nitrogens with one attached hydrogen (secondary N) is 3. The summed E-state index contributed by atoms with van der Waals surface area (Å²) in [6.45, 7) is -0.815. The number of anilines is 2. The molecule has 0 bridgehead atoms. The molecule has 8 nitrogen and oxygen atoms in total. The molecule has 0 fully saturated rings. The lowest BCUT2D eigenvalue weighted by Crippen LogP contribution is -2.42. The Kier molecular flexibility index (Phi) is 7.82. The Hall–Kier alpha value is -5.44. The number of rotatable bonds is 9. The molecule has 4 aromatic carbocycles. The van der Waals surface area contributed by atoms with Gasteiger partial charge in [0.25, 0.3) is 5.91 Å². The SMILES string of the molecule is O=C(CN(CC(=O)Nc1ccc(Oc2ccccc2)cc1)C(=O)c1cc2cccc(F)c2[nH]1)Nc1ccccc1. The van der Waals surface area contributed by atoms with Gasteiger partial charge in [0.05, 0.1) is 5.52 Å². The third-order valence-electron chi connectivity index (χ3n) is 5.97. The van der Waals surface area contributed by atoms with Crippen LogP contribution in [0.1, 0.15) is 10.5 Å². The van der Waals surface area contributed by atoms with Crippen LogP contribution in [0.15, 0.2) is 109 Å². The van der Waals surface area contributed by atoms with Gasteiger partial charge in [0, 0.05) is 16.8 Å². The molecular formula is C31H25FN4O4. The molecule has 1 aromatic heterocycles. The zero-order valence-corrected chi connectivity index (χ0v) is 21.3. The Morgan fingerprint density at radius 3 is 1.90 bits per heavy atom. The third-order valence-corrected chi connectivity index (χ3v) is 5.97. The van der Waals surface area contributed by atoms with Crippen molar-refractivity contribution in [3.8, 4) is 11.5 Å². The van der Waals surface area contributed by atoms with Gasteiger partial charge in [-0.1, -0.05) is 48.5 Å². The molecule has 0 radical (unpaired) electrons. The summed E-state index contributed by atoms with van der Waals surface area (Å²) in [4.78, 5) is 43.0. The highest BCUT2D eigenvalue weighted by Crippen LogP contribution is 2.23. The van der Waals surface area contributed by atoms with Crippen LogP contribution in [0.4, 0.5) is 15.8 Å². The van der Waals surface area contributed by atoms with Crippen LogP contribution in [-0.2, 0) is 9.59 Å². The number of carbonyl (C=O) groups is 3. The maximum absolute atomic E-state index is 14.2. The Bertz CT molecular complexity index is 1640. The van der Waals surface area contributed by atoms with Gasteiger partial charge in [-0.15, -0.1) is 0 Å². The van der Waals surface area contributed by atoms with Gasteiger partial charge in [-0.05, 0) is 60.7 Å². The van der Waals surface area contributed by atoms with Gasteiger partial charge >= 0.3 is 0 Å². The first-order valence-corrected chi connectivity index (χ1v) is 12.5. The molecule has 0 aliphatic carbocycles. The number of hydrogen-bond acceptors (Lipinski definition) is 4. The number of para-hydroxylation sites is 3.